The van der Waals surface area contributed by atoms with Gasteiger partial charge < -0.3 is 9.47 Å². The average Bonchev–Trinajstić information content (AvgIpc) is 2.71. The number of isocyanates is 1. The Bertz CT molecular complexity index is 1150. The second-order valence-corrected chi connectivity index (χ2v) is 8.72. The molecule has 0 aliphatic rings. The molecule has 0 aliphatic carbocycles. The molecule has 6 heteroatoms. The lowest BCUT2D eigenvalue weighted by Crippen LogP contribution is -2.29. The maximum absolute atomic E-state index is 13.4. The van der Waals surface area contributed by atoms with E-state index in [1.807, 2.05) is 69.2 Å². The Morgan fingerprint density at radius 3 is 1.69 bits per heavy atom. The summed E-state index contributed by atoms with van der Waals surface area (Å²) >= 11 is 0. The fourth-order valence-corrected chi connectivity index (χ4v) is 4.53. The lowest BCUT2D eigenvalue weighted by molar-refractivity contribution is -0.00384. The minimum Gasteiger partial charge on any atom is -0.451 e. The Morgan fingerprint density at radius 1 is 0.812 bits per heavy atom. The Balaban J connectivity index is 2.63. The van der Waals surface area contributed by atoms with E-state index in [9.17, 15) is 9.59 Å². The van der Waals surface area contributed by atoms with Crippen LogP contribution in [-0.4, -0.2) is 12.0 Å². The van der Waals surface area contributed by atoms with Crippen LogP contribution in [0.1, 0.15) is 74.3 Å². The normalized spacial score (nSPS) is 10.9. The third-order valence-corrected chi connectivity index (χ3v) is 6.60. The number of ether oxygens (including phenoxy) is 2. The van der Waals surface area contributed by atoms with Crippen LogP contribution in [0, 0.1) is 66.9 Å². The number of carbonyl (C=O) groups is 1. The predicted octanol–water partition coefficient (Wildman–Crippen LogP) is 6.07. The second-order valence-electron chi connectivity index (χ2n) is 8.72. The van der Waals surface area contributed by atoms with Crippen molar-refractivity contribution in [1.29, 1.82) is 5.26 Å². The summed E-state index contributed by atoms with van der Waals surface area (Å²) in [6, 6.07) is 0. The summed E-state index contributed by atoms with van der Waals surface area (Å²) in [5.41, 5.74) is 7.40. The topological polar surface area (TPSA) is 88.8 Å². The highest BCUT2D eigenvalue weighted by Crippen LogP contribution is 2.40. The molecule has 0 radical (unpaired) electrons. The Labute approximate surface area is 189 Å². The summed E-state index contributed by atoms with van der Waals surface area (Å²) in [5.74, 6) is 0.0990. The van der Waals surface area contributed by atoms with E-state index in [2.05, 4.69) is 4.99 Å². The lowest BCUT2D eigenvalue weighted by Gasteiger charge is -2.32. The monoisotopic (exact) mass is 434 g/mol. The van der Waals surface area contributed by atoms with Crippen molar-refractivity contribution in [1.82, 2.24) is 0 Å². The maximum atomic E-state index is 13.4. The van der Waals surface area contributed by atoms with Crippen molar-refractivity contribution in [2.45, 2.75) is 74.8 Å². The van der Waals surface area contributed by atoms with Crippen LogP contribution >= 0.6 is 0 Å². The number of rotatable bonds is 5. The number of nitriles is 1. The van der Waals surface area contributed by atoms with E-state index in [1.165, 1.54) is 0 Å². The van der Waals surface area contributed by atoms with Gasteiger partial charge in [0.2, 0.25) is 6.08 Å². The highest BCUT2D eigenvalue weighted by molar-refractivity contribution is 5.95. The Hall–Kier alpha value is -3.42. The van der Waals surface area contributed by atoms with Gasteiger partial charge in [0.05, 0.1) is 11.3 Å². The van der Waals surface area contributed by atoms with Gasteiger partial charge >= 0.3 is 5.97 Å². The SMILES string of the molecule is Cc1c(C)c(C(=O)OC(C)(C)c2c(C)c(C)c(OC#N)c(C)c2C)c(C)c(C)c1N=C=O. The van der Waals surface area contributed by atoms with E-state index in [4.69, 9.17) is 14.7 Å². The van der Waals surface area contributed by atoms with E-state index in [0.717, 1.165) is 50.1 Å². The third kappa shape index (κ3) is 4.04. The molecule has 0 aliphatic heterocycles. The molecule has 0 atom stereocenters. The first-order valence-corrected chi connectivity index (χ1v) is 10.4. The van der Waals surface area contributed by atoms with E-state index >= 15 is 0 Å². The molecule has 168 valence electrons. The van der Waals surface area contributed by atoms with Gasteiger partial charge in [0.1, 0.15) is 11.4 Å². The quantitative estimate of drug-likeness (QED) is 0.246. The molecular weight excluding hydrogens is 404 g/mol. The summed E-state index contributed by atoms with van der Waals surface area (Å²) < 4.78 is 11.3. The molecule has 0 heterocycles. The number of hydrogen-bond donors (Lipinski definition) is 0. The van der Waals surface area contributed by atoms with Gasteiger partial charge in [-0.2, -0.15) is 4.99 Å². The third-order valence-electron chi connectivity index (χ3n) is 6.60. The van der Waals surface area contributed by atoms with Gasteiger partial charge in [-0.15, -0.1) is 5.26 Å². The predicted molar refractivity (Wildman–Crippen MR) is 123 cm³/mol. The number of nitrogens with zero attached hydrogens (tertiary/aromatic N) is 2. The highest BCUT2D eigenvalue weighted by atomic mass is 16.6. The van der Waals surface area contributed by atoms with Gasteiger partial charge in [-0.25, -0.2) is 9.59 Å². The van der Waals surface area contributed by atoms with Crippen molar-refractivity contribution >= 4 is 17.7 Å². The molecule has 0 bridgehead atoms. The summed E-state index contributed by atoms with van der Waals surface area (Å²) in [4.78, 5) is 28.1. The highest BCUT2D eigenvalue weighted by Gasteiger charge is 2.33. The molecule has 0 fully saturated rings. The molecule has 0 spiro atoms. The summed E-state index contributed by atoms with van der Waals surface area (Å²) in [5, 5.41) is 9.00. The Kier molecular flexibility index (Phi) is 6.97. The maximum Gasteiger partial charge on any atom is 0.339 e. The number of carbonyl (C=O) groups excluding carboxylic acids is 2. The van der Waals surface area contributed by atoms with Gasteiger partial charge in [-0.3, -0.25) is 0 Å². The first-order chi connectivity index (χ1) is 14.8. The van der Waals surface area contributed by atoms with Crippen LogP contribution in [0.3, 0.4) is 0 Å². The molecule has 0 saturated carbocycles. The van der Waals surface area contributed by atoms with E-state index in [-0.39, 0.29) is 0 Å². The van der Waals surface area contributed by atoms with Crippen molar-refractivity contribution in [3.63, 3.8) is 0 Å². The molecule has 0 amide bonds. The smallest absolute Gasteiger partial charge is 0.339 e. The minimum absolute atomic E-state index is 0.440. The number of esters is 1. The van der Waals surface area contributed by atoms with E-state index in [1.54, 1.807) is 12.3 Å². The molecule has 2 rings (SSSR count). The van der Waals surface area contributed by atoms with Crippen molar-refractivity contribution in [3.8, 4) is 12.0 Å². The zero-order valence-corrected chi connectivity index (χ0v) is 20.5. The molecule has 0 unspecified atom stereocenters. The van der Waals surface area contributed by atoms with Crippen LogP contribution in [-0.2, 0) is 15.1 Å². The van der Waals surface area contributed by atoms with Gasteiger partial charge in [-0.1, -0.05) is 0 Å². The van der Waals surface area contributed by atoms with Gasteiger partial charge in [-0.05, 0) is 114 Å². The molecule has 2 aromatic rings. The molecule has 2 aromatic carbocycles. The van der Waals surface area contributed by atoms with Gasteiger partial charge in [0.15, 0.2) is 0 Å². The largest absolute Gasteiger partial charge is 0.451 e. The van der Waals surface area contributed by atoms with Gasteiger partial charge in [0, 0.05) is 5.56 Å². The zero-order valence-electron chi connectivity index (χ0n) is 20.5. The van der Waals surface area contributed by atoms with Gasteiger partial charge in [0.25, 0.3) is 6.26 Å². The Morgan fingerprint density at radius 2 is 1.28 bits per heavy atom. The van der Waals surface area contributed by atoms with Crippen LogP contribution in [0.5, 0.6) is 5.75 Å². The van der Waals surface area contributed by atoms with Crippen LogP contribution < -0.4 is 4.74 Å². The molecule has 0 aromatic heterocycles. The lowest BCUT2D eigenvalue weighted by atomic mass is 9.84. The number of hydrogen-bond acceptors (Lipinski definition) is 6. The number of aliphatic imine (C=N–C) groups is 1. The van der Waals surface area contributed by atoms with Crippen molar-refractivity contribution in [2.75, 3.05) is 0 Å². The average molecular weight is 435 g/mol. The molecule has 0 saturated heterocycles. The summed E-state index contributed by atoms with van der Waals surface area (Å²) in [7, 11) is 0. The fourth-order valence-electron chi connectivity index (χ4n) is 4.53. The fraction of sp³-hybridized carbons (Fsp3) is 0.423. The molecule has 0 N–H and O–H groups in total. The number of benzene rings is 2. The first-order valence-electron chi connectivity index (χ1n) is 10.4. The van der Waals surface area contributed by atoms with Crippen LogP contribution in [0.4, 0.5) is 5.69 Å². The van der Waals surface area contributed by atoms with Crippen molar-refractivity contribution in [2.24, 2.45) is 4.99 Å². The van der Waals surface area contributed by atoms with Crippen molar-refractivity contribution in [3.05, 3.63) is 55.6 Å². The van der Waals surface area contributed by atoms with Crippen LogP contribution in [0.25, 0.3) is 0 Å². The molecular formula is C26H30N2O4. The second kappa shape index (κ2) is 8.98. The zero-order chi connectivity index (χ0) is 24.5. The molecule has 32 heavy (non-hydrogen) atoms. The minimum atomic E-state index is -0.938. The van der Waals surface area contributed by atoms with E-state index < -0.39 is 11.6 Å². The van der Waals surface area contributed by atoms with E-state index in [0.29, 0.717) is 17.0 Å². The summed E-state index contributed by atoms with van der Waals surface area (Å²) in [6.45, 7) is 18.7. The van der Waals surface area contributed by atoms with Crippen molar-refractivity contribution < 1.29 is 19.1 Å². The summed E-state index contributed by atoms with van der Waals surface area (Å²) in [6.07, 6.45) is 3.35. The van der Waals surface area contributed by atoms with Crippen LogP contribution in [0.15, 0.2) is 4.99 Å². The molecule has 6 nitrogen and oxygen atoms in total. The van der Waals surface area contributed by atoms with Crippen LogP contribution in [0.2, 0.25) is 0 Å². The first kappa shape index (κ1) is 24.8. The standard InChI is InChI=1S/C26H30N2O4/c1-13-17(5)23(28-12-29)18(6)14(2)21(13)25(30)32-26(9,10)22-15(3)19(7)24(31-11-27)20(8)16(22)4/h1-10H3.